The lowest BCUT2D eigenvalue weighted by molar-refractivity contribution is 1.11. The Balaban J connectivity index is 1.60. The SMILES string of the molecule is Cc1cc(C)c(B(c2cc(N(c3ccccn3)c3ccccn3)cc(N(c3ccccn3)c3ccccn3)c2)c2c(C)cc(C)cc2C)c(C)c1. The number of aryl methyl sites for hydroxylation is 6. The van der Waals surface area contributed by atoms with Crippen LogP contribution >= 0.6 is 0 Å². The van der Waals surface area contributed by atoms with E-state index in [1.807, 2.05) is 97.6 Å². The molecular formula is C44H41BN6. The molecule has 0 aliphatic carbocycles. The maximum absolute atomic E-state index is 4.84. The first-order chi connectivity index (χ1) is 24.8. The highest BCUT2D eigenvalue weighted by Crippen LogP contribution is 2.37. The maximum atomic E-state index is 4.84. The van der Waals surface area contributed by atoms with Gasteiger partial charge in [0.05, 0.1) is 11.4 Å². The second-order valence-electron chi connectivity index (χ2n) is 13.3. The molecule has 0 N–H and O–H groups in total. The Morgan fingerprint density at radius 3 is 0.980 bits per heavy atom. The number of rotatable bonds is 9. The normalized spacial score (nSPS) is 10.9. The third-order valence-electron chi connectivity index (χ3n) is 9.34. The molecule has 0 bridgehead atoms. The van der Waals surface area contributed by atoms with Crippen molar-refractivity contribution in [2.75, 3.05) is 9.80 Å². The zero-order valence-corrected chi connectivity index (χ0v) is 30.0. The fraction of sp³-hybridized carbons (Fsp3) is 0.136. The summed E-state index contributed by atoms with van der Waals surface area (Å²) in [7, 11) is 0. The van der Waals surface area contributed by atoms with Crippen LogP contribution in [0.3, 0.4) is 0 Å². The third kappa shape index (κ3) is 6.88. The van der Waals surface area contributed by atoms with Gasteiger partial charge < -0.3 is 0 Å². The molecular weight excluding hydrogens is 623 g/mol. The van der Waals surface area contributed by atoms with Gasteiger partial charge in [0.15, 0.2) is 0 Å². The number of nitrogens with zero attached hydrogens (tertiary/aromatic N) is 6. The molecule has 0 saturated heterocycles. The fourth-order valence-electron chi connectivity index (χ4n) is 7.52. The summed E-state index contributed by atoms with van der Waals surface area (Å²) in [6.07, 6.45) is 7.30. The van der Waals surface area contributed by atoms with Crippen LogP contribution in [0.15, 0.2) is 140 Å². The summed E-state index contributed by atoms with van der Waals surface area (Å²) < 4.78 is 0. The van der Waals surface area contributed by atoms with E-state index in [9.17, 15) is 0 Å². The molecule has 6 nitrogen and oxygen atoms in total. The lowest BCUT2D eigenvalue weighted by Crippen LogP contribution is -2.56. The number of hydrogen-bond donors (Lipinski definition) is 0. The summed E-state index contributed by atoms with van der Waals surface area (Å²) in [5.74, 6) is 3.07. The van der Waals surface area contributed by atoms with Crippen LogP contribution in [0, 0.1) is 41.5 Å². The average molecular weight is 665 g/mol. The number of anilines is 6. The van der Waals surface area contributed by atoms with E-state index in [1.54, 1.807) is 0 Å². The van der Waals surface area contributed by atoms with Crippen molar-refractivity contribution in [1.29, 1.82) is 0 Å². The van der Waals surface area contributed by atoms with E-state index in [0.717, 1.165) is 40.1 Å². The molecule has 0 aliphatic heterocycles. The Morgan fingerprint density at radius 1 is 0.392 bits per heavy atom. The Labute approximate surface area is 301 Å². The first kappa shape index (κ1) is 33.4. The highest BCUT2D eigenvalue weighted by molar-refractivity contribution is 6.96. The highest BCUT2D eigenvalue weighted by atomic mass is 15.3. The largest absolute Gasteiger partial charge is 0.279 e. The second-order valence-corrected chi connectivity index (χ2v) is 13.3. The monoisotopic (exact) mass is 664 g/mol. The van der Waals surface area contributed by atoms with Crippen molar-refractivity contribution in [3.63, 3.8) is 0 Å². The van der Waals surface area contributed by atoms with Gasteiger partial charge in [-0.1, -0.05) is 98.3 Å². The van der Waals surface area contributed by atoms with Crippen LogP contribution < -0.4 is 26.2 Å². The molecule has 4 aromatic heterocycles. The molecule has 7 rings (SSSR count). The van der Waals surface area contributed by atoms with Crippen LogP contribution in [0.1, 0.15) is 33.4 Å². The molecule has 0 unspecified atom stereocenters. The van der Waals surface area contributed by atoms with Gasteiger partial charge in [0.2, 0.25) is 6.71 Å². The Morgan fingerprint density at radius 2 is 0.706 bits per heavy atom. The van der Waals surface area contributed by atoms with Crippen LogP contribution in [-0.2, 0) is 0 Å². The van der Waals surface area contributed by atoms with Gasteiger partial charge in [-0.3, -0.25) is 9.80 Å². The molecule has 51 heavy (non-hydrogen) atoms. The lowest BCUT2D eigenvalue weighted by atomic mass is 9.34. The quantitative estimate of drug-likeness (QED) is 0.144. The van der Waals surface area contributed by atoms with E-state index < -0.39 is 0 Å². The van der Waals surface area contributed by atoms with Gasteiger partial charge in [0.25, 0.3) is 0 Å². The summed E-state index contributed by atoms with van der Waals surface area (Å²) in [6.45, 7) is 13.3. The second kappa shape index (κ2) is 14.4. The van der Waals surface area contributed by atoms with Gasteiger partial charge in [-0.2, -0.15) is 0 Å². The van der Waals surface area contributed by atoms with Gasteiger partial charge in [-0.25, -0.2) is 19.9 Å². The highest BCUT2D eigenvalue weighted by Gasteiger charge is 2.31. The summed E-state index contributed by atoms with van der Waals surface area (Å²) >= 11 is 0. The molecule has 0 radical (unpaired) electrons. The first-order valence-corrected chi connectivity index (χ1v) is 17.3. The van der Waals surface area contributed by atoms with Crippen molar-refractivity contribution in [2.24, 2.45) is 0 Å². The standard InChI is InChI=1S/C44H41BN6/c1-30-23-32(3)43(33(4)24-30)45(44-34(5)25-31(2)26-35(44)6)36-27-37(50(39-15-7-11-19-46-39)40-16-8-12-20-47-40)29-38(28-36)51(41-17-9-13-21-48-41)42-18-10-14-22-49-42/h7-29H,1-6H3. The molecule has 7 aromatic rings. The molecule has 0 spiro atoms. The smallest absolute Gasteiger partial charge is 0.242 e. The van der Waals surface area contributed by atoms with E-state index >= 15 is 0 Å². The van der Waals surface area contributed by atoms with Crippen molar-refractivity contribution in [3.05, 3.63) is 173 Å². The molecule has 7 heteroatoms. The molecule has 4 heterocycles. The van der Waals surface area contributed by atoms with E-state index in [2.05, 4.69) is 93.8 Å². The van der Waals surface area contributed by atoms with Gasteiger partial charge in [-0.05, 0) is 108 Å². The fourth-order valence-corrected chi connectivity index (χ4v) is 7.52. The van der Waals surface area contributed by atoms with Crippen LogP contribution in [-0.4, -0.2) is 26.6 Å². The van der Waals surface area contributed by atoms with Crippen molar-refractivity contribution in [2.45, 2.75) is 41.5 Å². The van der Waals surface area contributed by atoms with Crippen molar-refractivity contribution < 1.29 is 0 Å². The zero-order chi connectivity index (χ0) is 35.5. The topological polar surface area (TPSA) is 58.0 Å². The van der Waals surface area contributed by atoms with Crippen molar-refractivity contribution >= 4 is 57.7 Å². The summed E-state index contributed by atoms with van der Waals surface area (Å²) in [5, 5.41) is 0. The predicted octanol–water partition coefficient (Wildman–Crippen LogP) is 8.57. The van der Waals surface area contributed by atoms with Gasteiger partial charge in [0, 0.05) is 24.8 Å². The average Bonchev–Trinajstić information content (AvgIpc) is 3.12. The third-order valence-corrected chi connectivity index (χ3v) is 9.34. The van der Waals surface area contributed by atoms with Gasteiger partial charge >= 0.3 is 0 Å². The minimum Gasteiger partial charge on any atom is -0.279 e. The van der Waals surface area contributed by atoms with Crippen LogP contribution in [0.5, 0.6) is 0 Å². The molecule has 0 amide bonds. The Hall–Kier alpha value is -6.08. The maximum Gasteiger partial charge on any atom is 0.242 e. The predicted molar refractivity (Wildman–Crippen MR) is 213 cm³/mol. The molecule has 0 atom stereocenters. The van der Waals surface area contributed by atoms with Gasteiger partial charge in [-0.15, -0.1) is 0 Å². The molecule has 3 aromatic carbocycles. The summed E-state index contributed by atoms with van der Waals surface area (Å²) in [6, 6.07) is 39.9. The molecule has 0 aliphatic rings. The number of benzene rings is 3. The zero-order valence-electron chi connectivity index (χ0n) is 30.0. The van der Waals surface area contributed by atoms with E-state index in [4.69, 9.17) is 19.9 Å². The van der Waals surface area contributed by atoms with E-state index in [-0.39, 0.29) is 6.71 Å². The minimum atomic E-state index is -0.0754. The lowest BCUT2D eigenvalue weighted by Gasteiger charge is -2.30. The number of aromatic nitrogens is 4. The Kier molecular flexibility index (Phi) is 9.45. The Bertz CT molecular complexity index is 2000. The van der Waals surface area contributed by atoms with Crippen LogP contribution in [0.25, 0.3) is 0 Å². The number of hydrogen-bond acceptors (Lipinski definition) is 6. The van der Waals surface area contributed by atoms with E-state index in [0.29, 0.717) is 0 Å². The first-order valence-electron chi connectivity index (χ1n) is 17.3. The molecule has 0 saturated carbocycles. The minimum absolute atomic E-state index is 0.0754. The number of pyridine rings is 4. The molecule has 250 valence electrons. The van der Waals surface area contributed by atoms with Crippen molar-refractivity contribution in [3.8, 4) is 0 Å². The van der Waals surface area contributed by atoms with Crippen molar-refractivity contribution in [1.82, 2.24) is 19.9 Å². The summed E-state index contributed by atoms with van der Waals surface area (Å²) in [4.78, 5) is 23.6. The van der Waals surface area contributed by atoms with Crippen LogP contribution in [0.4, 0.5) is 34.6 Å². The summed E-state index contributed by atoms with van der Waals surface area (Å²) in [5.41, 5.74) is 13.2. The van der Waals surface area contributed by atoms with Gasteiger partial charge in [0.1, 0.15) is 23.3 Å². The van der Waals surface area contributed by atoms with Crippen LogP contribution in [0.2, 0.25) is 0 Å². The van der Waals surface area contributed by atoms with E-state index in [1.165, 1.54) is 44.3 Å². The molecule has 0 fully saturated rings.